The zero-order valence-corrected chi connectivity index (χ0v) is 20.1. The molecule has 177 valence electrons. The van der Waals surface area contributed by atoms with Gasteiger partial charge >= 0.3 is 17.1 Å². The first-order chi connectivity index (χ1) is 15.4. The number of para-hydroxylation sites is 2. The number of hydrogen-bond acceptors (Lipinski definition) is 7. The van der Waals surface area contributed by atoms with E-state index in [0.717, 1.165) is 32.6 Å². The molecule has 8 nitrogen and oxygen atoms in total. The predicted molar refractivity (Wildman–Crippen MR) is 124 cm³/mol. The SMILES string of the molecule is CC(=O)O.COc1cccc(C=NC2CCCCC2N=Cc2cccc(OC)c2O)c1O.[Mn+2]. The molecule has 2 unspecified atom stereocenters. The van der Waals surface area contributed by atoms with Gasteiger partial charge in [-0.25, -0.2) is 0 Å². The van der Waals surface area contributed by atoms with Crippen LogP contribution in [0.1, 0.15) is 43.7 Å². The van der Waals surface area contributed by atoms with Crippen LogP contribution in [-0.4, -0.2) is 60.0 Å². The number of carbonyl (C=O) groups is 1. The molecule has 9 heteroatoms. The van der Waals surface area contributed by atoms with Crippen molar-refractivity contribution in [2.45, 2.75) is 44.7 Å². The van der Waals surface area contributed by atoms with E-state index < -0.39 is 5.97 Å². The number of hydrogen-bond donors (Lipinski definition) is 3. The molecule has 1 radical (unpaired) electrons. The predicted octanol–water partition coefficient (Wildman–Crippen LogP) is 4.05. The minimum Gasteiger partial charge on any atom is -0.504 e. The maximum atomic E-state index is 10.2. The van der Waals surface area contributed by atoms with E-state index in [1.165, 1.54) is 14.2 Å². The normalized spacial score (nSPS) is 17.7. The Morgan fingerprint density at radius 3 is 1.58 bits per heavy atom. The van der Waals surface area contributed by atoms with Gasteiger partial charge in [0.25, 0.3) is 5.97 Å². The number of aliphatic imine (C=N–C) groups is 2. The molecule has 0 heterocycles. The number of benzene rings is 2. The first-order valence-corrected chi connectivity index (χ1v) is 10.3. The summed E-state index contributed by atoms with van der Waals surface area (Å²) in [6.45, 7) is 1.08. The van der Waals surface area contributed by atoms with Crippen LogP contribution in [0.3, 0.4) is 0 Å². The molecule has 3 N–H and O–H groups in total. The minimum absolute atomic E-state index is 0. The van der Waals surface area contributed by atoms with Crippen LogP contribution in [0.2, 0.25) is 0 Å². The summed E-state index contributed by atoms with van der Waals surface area (Å²) < 4.78 is 10.3. The zero-order chi connectivity index (χ0) is 23.5. The number of phenols is 2. The maximum absolute atomic E-state index is 10.2. The van der Waals surface area contributed by atoms with Crippen LogP contribution in [0.5, 0.6) is 23.0 Å². The van der Waals surface area contributed by atoms with E-state index in [2.05, 4.69) is 0 Å². The van der Waals surface area contributed by atoms with E-state index in [9.17, 15) is 10.2 Å². The fraction of sp³-hybridized carbons (Fsp3) is 0.375. The summed E-state index contributed by atoms with van der Waals surface area (Å²) in [6, 6.07) is 10.7. The second-order valence-electron chi connectivity index (χ2n) is 7.29. The number of carboxylic acids is 1. The van der Waals surface area contributed by atoms with E-state index in [4.69, 9.17) is 29.4 Å². The molecule has 3 rings (SSSR count). The molecule has 1 aliphatic carbocycles. The third kappa shape index (κ3) is 8.44. The molecule has 1 fully saturated rings. The molecule has 1 aliphatic rings. The Hall–Kier alpha value is -3.03. The summed E-state index contributed by atoms with van der Waals surface area (Å²) in [5.74, 6) is 0.197. The third-order valence-corrected chi connectivity index (χ3v) is 5.00. The number of carboxylic acid groups (broad SMARTS) is 1. The topological polar surface area (TPSA) is 121 Å². The van der Waals surface area contributed by atoms with Gasteiger partial charge in [0, 0.05) is 30.5 Å². The van der Waals surface area contributed by atoms with Crippen molar-refractivity contribution in [2.24, 2.45) is 9.98 Å². The Kier molecular flexibility index (Phi) is 12.0. The minimum atomic E-state index is -0.833. The monoisotopic (exact) mass is 497 g/mol. The fourth-order valence-electron chi connectivity index (χ4n) is 3.41. The molecular weight excluding hydrogens is 467 g/mol. The van der Waals surface area contributed by atoms with Gasteiger partial charge in [0.15, 0.2) is 23.0 Å². The first kappa shape index (κ1) is 28.0. The first-order valence-electron chi connectivity index (χ1n) is 10.3. The number of aliphatic carboxylic acids is 1. The van der Waals surface area contributed by atoms with Crippen LogP contribution in [0.4, 0.5) is 0 Å². The van der Waals surface area contributed by atoms with E-state index in [0.29, 0.717) is 22.6 Å². The zero-order valence-electron chi connectivity index (χ0n) is 18.9. The summed E-state index contributed by atoms with van der Waals surface area (Å²) in [4.78, 5) is 18.4. The largest absolute Gasteiger partial charge is 2.00 e. The van der Waals surface area contributed by atoms with Crippen molar-refractivity contribution in [1.82, 2.24) is 0 Å². The van der Waals surface area contributed by atoms with Crippen LogP contribution in [0.15, 0.2) is 46.4 Å². The fourth-order valence-corrected chi connectivity index (χ4v) is 3.41. The number of ether oxygens (including phenoxy) is 2. The average molecular weight is 497 g/mol. The molecular formula is C24H30MnN2O6+2. The summed E-state index contributed by atoms with van der Waals surface area (Å²) in [6.07, 6.45) is 7.46. The van der Waals surface area contributed by atoms with Gasteiger partial charge in [-0.3, -0.25) is 14.8 Å². The molecule has 2 aromatic carbocycles. The van der Waals surface area contributed by atoms with Gasteiger partial charge in [0.05, 0.1) is 26.3 Å². The van der Waals surface area contributed by atoms with Gasteiger partial charge in [-0.1, -0.05) is 25.0 Å². The van der Waals surface area contributed by atoms with Crippen LogP contribution >= 0.6 is 0 Å². The number of methoxy groups -OCH3 is 2. The van der Waals surface area contributed by atoms with Gasteiger partial charge in [0.2, 0.25) is 0 Å². The summed E-state index contributed by atoms with van der Waals surface area (Å²) in [7, 11) is 3.05. The van der Waals surface area contributed by atoms with Crippen molar-refractivity contribution in [3.63, 3.8) is 0 Å². The summed E-state index contributed by atoms with van der Waals surface area (Å²) in [5, 5.41) is 27.9. The van der Waals surface area contributed by atoms with Gasteiger partial charge in [-0.2, -0.15) is 0 Å². The third-order valence-electron chi connectivity index (χ3n) is 5.00. The van der Waals surface area contributed by atoms with Crippen molar-refractivity contribution >= 4 is 18.4 Å². The van der Waals surface area contributed by atoms with Gasteiger partial charge < -0.3 is 24.8 Å². The molecule has 1 saturated carbocycles. The molecule has 0 saturated heterocycles. The maximum Gasteiger partial charge on any atom is 2.00 e. The molecule has 2 atom stereocenters. The van der Waals surface area contributed by atoms with Crippen LogP contribution in [0.25, 0.3) is 0 Å². The quantitative estimate of drug-likeness (QED) is 0.409. The van der Waals surface area contributed by atoms with E-state index in [1.54, 1.807) is 36.7 Å². The summed E-state index contributed by atoms with van der Waals surface area (Å²) >= 11 is 0. The van der Waals surface area contributed by atoms with Gasteiger partial charge in [-0.05, 0) is 37.1 Å². The molecule has 0 aliphatic heterocycles. The second-order valence-corrected chi connectivity index (χ2v) is 7.29. The number of aromatic hydroxyl groups is 2. The van der Waals surface area contributed by atoms with Crippen molar-refractivity contribution < 1.29 is 46.7 Å². The second kappa shape index (κ2) is 14.2. The van der Waals surface area contributed by atoms with Gasteiger partial charge in [-0.15, -0.1) is 0 Å². The Labute approximate surface area is 204 Å². The molecule has 0 aromatic heterocycles. The van der Waals surface area contributed by atoms with Crippen molar-refractivity contribution in [1.29, 1.82) is 0 Å². The molecule has 0 amide bonds. The Morgan fingerprint density at radius 1 is 0.879 bits per heavy atom. The number of rotatable bonds is 6. The Balaban J connectivity index is 0.00000101. The average Bonchev–Trinajstić information content (AvgIpc) is 2.78. The van der Waals surface area contributed by atoms with Crippen molar-refractivity contribution in [3.05, 3.63) is 47.5 Å². The van der Waals surface area contributed by atoms with Crippen LogP contribution in [-0.2, 0) is 21.9 Å². The van der Waals surface area contributed by atoms with Crippen LogP contribution in [0, 0.1) is 0 Å². The summed E-state index contributed by atoms with van der Waals surface area (Å²) in [5.41, 5.74) is 1.25. The van der Waals surface area contributed by atoms with E-state index in [-0.39, 0.29) is 40.7 Å². The van der Waals surface area contributed by atoms with E-state index >= 15 is 0 Å². The molecule has 0 spiro atoms. The number of nitrogens with zero attached hydrogens (tertiary/aromatic N) is 2. The van der Waals surface area contributed by atoms with Crippen molar-refractivity contribution in [2.75, 3.05) is 14.2 Å². The Morgan fingerprint density at radius 2 is 1.24 bits per heavy atom. The Bertz CT molecular complexity index is 888. The standard InChI is InChI=1S/C22H26N2O4.C2H4O2.Mn/c1-27-19-11-5-7-15(21(19)25)13-23-17-9-3-4-10-18(17)24-14-16-8-6-12-20(28-2)22(16)26;1-2(3)4;/h5-8,11-14,17-18,25-26H,3-4,9-10H2,1-2H3;1H3,(H,3,4);/q;;+2. The molecule has 0 bridgehead atoms. The van der Waals surface area contributed by atoms with Crippen molar-refractivity contribution in [3.8, 4) is 23.0 Å². The number of phenolic OH excluding ortho intramolecular Hbond substituents is 2. The van der Waals surface area contributed by atoms with Gasteiger partial charge in [0.1, 0.15) is 0 Å². The molecule has 2 aromatic rings. The molecule has 33 heavy (non-hydrogen) atoms. The van der Waals surface area contributed by atoms with E-state index in [1.807, 2.05) is 12.1 Å². The van der Waals surface area contributed by atoms with Crippen LogP contribution < -0.4 is 9.47 Å². The smallest absolute Gasteiger partial charge is 0.504 e.